The molecule has 11 heteroatoms. The van der Waals surface area contributed by atoms with Gasteiger partial charge in [-0.15, -0.1) is 20.0 Å². The van der Waals surface area contributed by atoms with E-state index in [0.717, 1.165) is 0 Å². The van der Waals surface area contributed by atoms with E-state index in [2.05, 4.69) is 46.5 Å². The number of hydrogen-bond acceptors (Lipinski definition) is 8. The molecule has 122 valence electrons. The molecule has 0 atom stereocenters. The summed E-state index contributed by atoms with van der Waals surface area (Å²) >= 11 is 0. The van der Waals surface area contributed by atoms with Crippen molar-refractivity contribution in [1.82, 2.24) is 39.6 Å². The van der Waals surface area contributed by atoms with Gasteiger partial charge in [0.15, 0.2) is 23.0 Å². The van der Waals surface area contributed by atoms with Crippen LogP contribution in [0.5, 0.6) is 0 Å². The van der Waals surface area contributed by atoms with Crippen LogP contribution in [0.4, 0.5) is 11.5 Å². The van der Waals surface area contributed by atoms with E-state index in [1.807, 2.05) is 6.92 Å². The lowest BCUT2D eigenvalue weighted by molar-refractivity contribution is 0.793. The largest absolute Gasteiger partial charge is 0.324 e. The lowest BCUT2D eigenvalue weighted by Crippen LogP contribution is -1.98. The maximum atomic E-state index is 9.30. The second-order valence-corrected chi connectivity index (χ2v) is 5.16. The first-order chi connectivity index (χ1) is 12.2. The summed E-state index contributed by atoms with van der Waals surface area (Å²) < 4.78 is 2.89. The molecule has 4 aromatic heterocycles. The molecule has 0 amide bonds. The molecule has 0 bridgehead atoms. The highest BCUT2D eigenvalue weighted by molar-refractivity contribution is 5.66. The smallest absolute Gasteiger partial charge is 0.197 e. The molecule has 0 aliphatic rings. The number of fused-ring (bicyclic) bond motifs is 1. The molecule has 0 aliphatic carbocycles. The zero-order chi connectivity index (χ0) is 17.4. The van der Waals surface area contributed by atoms with Crippen molar-refractivity contribution in [2.45, 2.75) is 13.8 Å². The highest BCUT2D eigenvalue weighted by Crippen LogP contribution is 2.28. The highest BCUT2D eigenvalue weighted by atomic mass is 15.5. The molecule has 25 heavy (non-hydrogen) atoms. The third kappa shape index (κ3) is 2.41. The van der Waals surface area contributed by atoms with Gasteiger partial charge in [0.05, 0.1) is 11.9 Å². The quantitative estimate of drug-likeness (QED) is 0.568. The average Bonchev–Trinajstić information content (AvgIpc) is 3.26. The van der Waals surface area contributed by atoms with Crippen molar-refractivity contribution in [1.29, 1.82) is 5.26 Å². The Morgan fingerprint density at radius 2 is 2.12 bits per heavy atom. The Bertz CT molecular complexity index is 1120. The Morgan fingerprint density at radius 3 is 2.88 bits per heavy atom. The Labute approximate surface area is 140 Å². The number of H-pyrrole nitrogens is 1. The number of nitriles is 1. The first-order valence-electron chi connectivity index (χ1n) is 7.26. The van der Waals surface area contributed by atoms with Crippen molar-refractivity contribution >= 4 is 17.2 Å². The van der Waals surface area contributed by atoms with Crippen LogP contribution in [0.1, 0.15) is 17.1 Å². The molecule has 1 N–H and O–H groups in total. The fraction of sp³-hybridized carbons (Fsp3) is 0.143. The predicted octanol–water partition coefficient (Wildman–Crippen LogP) is 1.94. The standard InChI is InChI=1S/C14H11N11/c1-8-12(14-19-9(2)23-25(14)22-8)20-21-13-10(5-15)6-18-24(13)11-3-4-16-7-17-11/h3-4,6-7H,1-2H3,(H,19,23)/b21-20+. The fourth-order valence-electron chi connectivity index (χ4n) is 2.34. The van der Waals surface area contributed by atoms with Gasteiger partial charge in [-0.3, -0.25) is 0 Å². The second kappa shape index (κ2) is 5.60. The van der Waals surface area contributed by atoms with Crippen LogP contribution in [0, 0.1) is 25.2 Å². The molecule has 11 nitrogen and oxygen atoms in total. The van der Waals surface area contributed by atoms with Gasteiger partial charge in [-0.1, -0.05) is 0 Å². The van der Waals surface area contributed by atoms with Gasteiger partial charge in [-0.25, -0.2) is 9.97 Å². The van der Waals surface area contributed by atoms with Crippen LogP contribution < -0.4 is 0 Å². The summed E-state index contributed by atoms with van der Waals surface area (Å²) in [6, 6.07) is 3.71. The second-order valence-electron chi connectivity index (χ2n) is 5.16. The lowest BCUT2D eigenvalue weighted by atomic mass is 10.3. The summed E-state index contributed by atoms with van der Waals surface area (Å²) in [5.74, 6) is 1.47. The van der Waals surface area contributed by atoms with Gasteiger partial charge < -0.3 is 4.98 Å². The van der Waals surface area contributed by atoms with Gasteiger partial charge in [-0.2, -0.15) is 20.1 Å². The molecule has 0 radical (unpaired) electrons. The molecule has 4 aromatic rings. The van der Waals surface area contributed by atoms with E-state index in [4.69, 9.17) is 0 Å². The number of rotatable bonds is 3. The molecule has 0 saturated heterocycles. The number of aromatic amines is 1. The molecule has 0 unspecified atom stereocenters. The van der Waals surface area contributed by atoms with Gasteiger partial charge in [0.25, 0.3) is 0 Å². The van der Waals surface area contributed by atoms with Gasteiger partial charge in [0.1, 0.15) is 23.8 Å². The third-order valence-corrected chi connectivity index (χ3v) is 3.45. The Kier molecular flexibility index (Phi) is 3.28. The molecule has 0 aliphatic heterocycles. The van der Waals surface area contributed by atoms with Crippen molar-refractivity contribution in [2.75, 3.05) is 0 Å². The van der Waals surface area contributed by atoms with E-state index in [0.29, 0.717) is 28.7 Å². The van der Waals surface area contributed by atoms with E-state index in [1.165, 1.54) is 21.8 Å². The zero-order valence-electron chi connectivity index (χ0n) is 13.3. The molecule has 4 rings (SSSR count). The minimum atomic E-state index is 0.274. The number of azo groups is 1. The summed E-state index contributed by atoms with van der Waals surface area (Å²) in [6.07, 6.45) is 4.38. The van der Waals surface area contributed by atoms with Crippen LogP contribution in [0.3, 0.4) is 0 Å². The van der Waals surface area contributed by atoms with Crippen molar-refractivity contribution in [3.8, 4) is 11.9 Å². The average molecular weight is 333 g/mol. The van der Waals surface area contributed by atoms with Crippen LogP contribution in [0.2, 0.25) is 0 Å². The van der Waals surface area contributed by atoms with Gasteiger partial charge in [-0.05, 0) is 13.8 Å². The summed E-state index contributed by atoms with van der Waals surface area (Å²) in [5, 5.41) is 30.4. The van der Waals surface area contributed by atoms with Crippen LogP contribution in [0.15, 0.2) is 35.0 Å². The Balaban J connectivity index is 1.82. The highest BCUT2D eigenvalue weighted by Gasteiger charge is 2.15. The summed E-state index contributed by atoms with van der Waals surface area (Å²) in [7, 11) is 0. The summed E-state index contributed by atoms with van der Waals surface area (Å²) in [4.78, 5) is 11.1. The minimum absolute atomic E-state index is 0.274. The summed E-state index contributed by atoms with van der Waals surface area (Å²) in [6.45, 7) is 3.63. The fourth-order valence-corrected chi connectivity index (χ4v) is 2.34. The lowest BCUT2D eigenvalue weighted by Gasteiger charge is -2.01. The van der Waals surface area contributed by atoms with Crippen LogP contribution in [-0.4, -0.2) is 39.6 Å². The van der Waals surface area contributed by atoms with Crippen LogP contribution in [-0.2, 0) is 0 Å². The van der Waals surface area contributed by atoms with E-state index < -0.39 is 0 Å². The zero-order valence-corrected chi connectivity index (χ0v) is 13.3. The minimum Gasteiger partial charge on any atom is -0.324 e. The Hall–Kier alpha value is -3.94. The Morgan fingerprint density at radius 1 is 1.24 bits per heavy atom. The molecule has 0 spiro atoms. The number of nitrogens with zero attached hydrogens (tertiary/aromatic N) is 10. The molecular formula is C14H11N11. The first kappa shape index (κ1) is 14.6. The van der Waals surface area contributed by atoms with E-state index in [9.17, 15) is 5.26 Å². The third-order valence-electron chi connectivity index (χ3n) is 3.45. The van der Waals surface area contributed by atoms with E-state index in [1.54, 1.807) is 19.2 Å². The van der Waals surface area contributed by atoms with E-state index >= 15 is 0 Å². The number of aryl methyl sites for hydroxylation is 2. The maximum Gasteiger partial charge on any atom is 0.197 e. The molecule has 0 fully saturated rings. The number of nitrogens with one attached hydrogen (secondary N) is 1. The predicted molar refractivity (Wildman–Crippen MR) is 84.9 cm³/mol. The normalized spacial score (nSPS) is 11.4. The van der Waals surface area contributed by atoms with Gasteiger partial charge >= 0.3 is 0 Å². The number of hydrogen-bond donors (Lipinski definition) is 1. The first-order valence-corrected chi connectivity index (χ1v) is 7.26. The molecular weight excluding hydrogens is 322 g/mol. The van der Waals surface area contributed by atoms with Crippen LogP contribution in [0.25, 0.3) is 11.5 Å². The van der Waals surface area contributed by atoms with Crippen molar-refractivity contribution in [2.24, 2.45) is 10.2 Å². The van der Waals surface area contributed by atoms with Crippen molar-refractivity contribution in [3.63, 3.8) is 0 Å². The molecule has 4 heterocycles. The monoisotopic (exact) mass is 333 g/mol. The molecule has 0 saturated carbocycles. The van der Waals surface area contributed by atoms with Crippen molar-refractivity contribution in [3.05, 3.63) is 41.9 Å². The molecule has 0 aromatic carbocycles. The van der Waals surface area contributed by atoms with Crippen molar-refractivity contribution < 1.29 is 0 Å². The van der Waals surface area contributed by atoms with Crippen LogP contribution >= 0.6 is 0 Å². The van der Waals surface area contributed by atoms with E-state index in [-0.39, 0.29) is 11.4 Å². The SMILES string of the molecule is Cc1nn2nc(C)c(/N=N/c3c(C#N)cnn3-c3ccncn3)c2[nH]1. The number of aromatic nitrogens is 8. The van der Waals surface area contributed by atoms with Gasteiger partial charge in [0, 0.05) is 12.3 Å². The summed E-state index contributed by atoms with van der Waals surface area (Å²) in [5.41, 5.74) is 2.11. The maximum absolute atomic E-state index is 9.30. The van der Waals surface area contributed by atoms with Gasteiger partial charge in [0.2, 0.25) is 0 Å². The topological polar surface area (TPSA) is 138 Å².